The van der Waals surface area contributed by atoms with E-state index in [0.29, 0.717) is 6.42 Å². The topological polar surface area (TPSA) is 29.1 Å². The van der Waals surface area contributed by atoms with Crippen molar-refractivity contribution in [3.8, 4) is 0 Å². The van der Waals surface area contributed by atoms with Crippen molar-refractivity contribution in [1.82, 2.24) is 0 Å². The average molecular weight is 205 g/mol. The first-order valence-corrected chi connectivity index (χ1v) is 5.28. The van der Waals surface area contributed by atoms with Crippen molar-refractivity contribution in [2.75, 3.05) is 5.32 Å². The highest BCUT2D eigenvalue weighted by molar-refractivity contribution is 5.90. The van der Waals surface area contributed by atoms with Gasteiger partial charge in [0.15, 0.2) is 0 Å². The van der Waals surface area contributed by atoms with Gasteiger partial charge in [-0.3, -0.25) is 4.79 Å². The van der Waals surface area contributed by atoms with Gasteiger partial charge < -0.3 is 5.32 Å². The summed E-state index contributed by atoms with van der Waals surface area (Å²) in [5, 5.41) is 2.79. The molecule has 0 atom stereocenters. The summed E-state index contributed by atoms with van der Waals surface area (Å²) in [7, 11) is 0. The Morgan fingerprint density at radius 1 is 1.33 bits per heavy atom. The molecule has 1 rings (SSSR count). The third-order valence-corrected chi connectivity index (χ3v) is 1.63. The number of carbonyl (C=O) groups is 1. The Kier molecular flexibility index (Phi) is 8.06. The Hall–Kier alpha value is -1.57. The Balaban J connectivity index is 0.000000921. The molecule has 1 amide bonds. The summed E-state index contributed by atoms with van der Waals surface area (Å²) < 4.78 is 0. The number of para-hydroxylation sites is 1. The highest BCUT2D eigenvalue weighted by atomic mass is 16.1. The lowest BCUT2D eigenvalue weighted by Crippen LogP contribution is -2.10. The predicted molar refractivity (Wildman–Crippen MR) is 65.9 cm³/mol. The van der Waals surface area contributed by atoms with Crippen LogP contribution >= 0.6 is 0 Å². The minimum absolute atomic E-state index is 0.0334. The average Bonchev–Trinajstić information content (AvgIpc) is 2.30. The molecule has 0 fully saturated rings. The van der Waals surface area contributed by atoms with Crippen molar-refractivity contribution in [3.63, 3.8) is 0 Å². The normalized spacial score (nSPS) is 8.40. The molecule has 0 spiro atoms. The molecule has 0 aliphatic rings. The number of nitrogens with one attached hydrogen (secondary N) is 1. The highest BCUT2D eigenvalue weighted by Crippen LogP contribution is 2.05. The maximum atomic E-state index is 11.2. The van der Waals surface area contributed by atoms with Gasteiger partial charge in [0.2, 0.25) is 5.91 Å². The summed E-state index contributed by atoms with van der Waals surface area (Å²) in [6, 6.07) is 9.43. The van der Waals surface area contributed by atoms with Gasteiger partial charge >= 0.3 is 0 Å². The molecule has 0 saturated heterocycles. The fraction of sp³-hybridized carbons (Fsp3) is 0.308. The van der Waals surface area contributed by atoms with Crippen molar-refractivity contribution < 1.29 is 4.79 Å². The minimum Gasteiger partial charge on any atom is -0.326 e. The van der Waals surface area contributed by atoms with Crippen LogP contribution in [0.1, 0.15) is 26.7 Å². The largest absolute Gasteiger partial charge is 0.326 e. The van der Waals surface area contributed by atoms with E-state index in [9.17, 15) is 4.79 Å². The SMILES string of the molecule is C=CCCC(=O)Nc1ccccc1.CC. The number of benzene rings is 1. The van der Waals surface area contributed by atoms with Gasteiger partial charge in [-0.25, -0.2) is 0 Å². The first-order chi connectivity index (χ1) is 7.33. The molecule has 2 heteroatoms. The van der Waals surface area contributed by atoms with Crippen molar-refractivity contribution in [3.05, 3.63) is 43.0 Å². The molecule has 1 N–H and O–H groups in total. The van der Waals surface area contributed by atoms with Crippen LogP contribution in [0.4, 0.5) is 5.69 Å². The molecule has 1 aromatic carbocycles. The van der Waals surface area contributed by atoms with Crippen molar-refractivity contribution >= 4 is 11.6 Å². The summed E-state index contributed by atoms with van der Waals surface area (Å²) in [6.45, 7) is 7.56. The van der Waals surface area contributed by atoms with Gasteiger partial charge in [-0.15, -0.1) is 6.58 Å². The number of hydrogen-bond acceptors (Lipinski definition) is 1. The van der Waals surface area contributed by atoms with E-state index in [-0.39, 0.29) is 5.91 Å². The number of carbonyl (C=O) groups excluding carboxylic acids is 1. The van der Waals surface area contributed by atoms with Crippen molar-refractivity contribution in [2.45, 2.75) is 26.7 Å². The smallest absolute Gasteiger partial charge is 0.224 e. The number of allylic oxidation sites excluding steroid dienone is 1. The second-order valence-corrected chi connectivity index (χ2v) is 2.74. The van der Waals surface area contributed by atoms with Crippen LogP contribution in [-0.2, 0) is 4.79 Å². The van der Waals surface area contributed by atoms with Crippen LogP contribution in [0.25, 0.3) is 0 Å². The first kappa shape index (κ1) is 13.4. The third-order valence-electron chi connectivity index (χ3n) is 1.63. The van der Waals surface area contributed by atoms with Gasteiger partial charge in [0.25, 0.3) is 0 Å². The third kappa shape index (κ3) is 6.49. The van der Waals surface area contributed by atoms with Crippen LogP contribution in [-0.4, -0.2) is 5.91 Å². The summed E-state index contributed by atoms with van der Waals surface area (Å²) in [6.07, 6.45) is 2.96. The summed E-state index contributed by atoms with van der Waals surface area (Å²) in [5.74, 6) is 0.0334. The molecule has 0 saturated carbocycles. The molecule has 0 unspecified atom stereocenters. The van der Waals surface area contributed by atoms with E-state index in [1.807, 2.05) is 44.2 Å². The molecule has 2 nitrogen and oxygen atoms in total. The highest BCUT2D eigenvalue weighted by Gasteiger charge is 1.98. The fourth-order valence-corrected chi connectivity index (χ4v) is 0.978. The molecule has 0 aliphatic heterocycles. The maximum Gasteiger partial charge on any atom is 0.224 e. The molecular weight excluding hydrogens is 186 g/mol. The monoisotopic (exact) mass is 205 g/mol. The van der Waals surface area contributed by atoms with E-state index < -0.39 is 0 Å². The van der Waals surface area contributed by atoms with Crippen LogP contribution in [0, 0.1) is 0 Å². The number of amides is 1. The van der Waals surface area contributed by atoms with Crippen molar-refractivity contribution in [2.24, 2.45) is 0 Å². The van der Waals surface area contributed by atoms with Gasteiger partial charge in [-0.1, -0.05) is 38.1 Å². The van der Waals surface area contributed by atoms with Gasteiger partial charge in [-0.2, -0.15) is 0 Å². The molecule has 1 aromatic rings. The molecule has 82 valence electrons. The standard InChI is InChI=1S/C11H13NO.C2H6/c1-2-3-9-11(13)12-10-7-5-4-6-8-10;1-2/h2,4-8H,1,3,9H2,(H,12,13);1-2H3. The van der Waals surface area contributed by atoms with Crippen LogP contribution in [0.3, 0.4) is 0 Å². The molecule has 0 radical (unpaired) electrons. The molecule has 0 aliphatic carbocycles. The molecular formula is C13H19NO. The first-order valence-electron chi connectivity index (χ1n) is 5.28. The van der Waals surface area contributed by atoms with Crippen LogP contribution in [0.2, 0.25) is 0 Å². The molecule has 15 heavy (non-hydrogen) atoms. The summed E-state index contributed by atoms with van der Waals surface area (Å²) >= 11 is 0. The lowest BCUT2D eigenvalue weighted by Gasteiger charge is -2.02. The summed E-state index contributed by atoms with van der Waals surface area (Å²) in [5.41, 5.74) is 0.844. The quantitative estimate of drug-likeness (QED) is 0.747. The molecule has 0 bridgehead atoms. The Bertz CT molecular complexity index is 280. The predicted octanol–water partition coefficient (Wildman–Crippen LogP) is 3.62. The van der Waals surface area contributed by atoms with Crippen molar-refractivity contribution in [1.29, 1.82) is 0 Å². The lowest BCUT2D eigenvalue weighted by molar-refractivity contribution is -0.116. The van der Waals surface area contributed by atoms with E-state index in [4.69, 9.17) is 0 Å². The van der Waals surface area contributed by atoms with E-state index in [0.717, 1.165) is 12.1 Å². The maximum absolute atomic E-state index is 11.2. The Morgan fingerprint density at radius 2 is 1.93 bits per heavy atom. The van der Waals surface area contributed by atoms with Crippen LogP contribution < -0.4 is 5.32 Å². The zero-order chi connectivity index (χ0) is 11.5. The van der Waals surface area contributed by atoms with Gasteiger partial charge in [0, 0.05) is 12.1 Å². The van der Waals surface area contributed by atoms with E-state index >= 15 is 0 Å². The summed E-state index contributed by atoms with van der Waals surface area (Å²) in [4.78, 5) is 11.2. The minimum atomic E-state index is 0.0334. The van der Waals surface area contributed by atoms with Gasteiger partial charge in [0.05, 0.1) is 0 Å². The number of anilines is 1. The van der Waals surface area contributed by atoms with Gasteiger partial charge in [-0.05, 0) is 18.6 Å². The van der Waals surface area contributed by atoms with E-state index in [1.54, 1.807) is 6.08 Å². The lowest BCUT2D eigenvalue weighted by atomic mass is 10.2. The number of rotatable bonds is 4. The Labute approximate surface area is 92.0 Å². The fourth-order valence-electron chi connectivity index (χ4n) is 0.978. The van der Waals surface area contributed by atoms with E-state index in [1.165, 1.54) is 0 Å². The second-order valence-electron chi connectivity index (χ2n) is 2.74. The zero-order valence-corrected chi connectivity index (χ0v) is 9.49. The van der Waals surface area contributed by atoms with E-state index in [2.05, 4.69) is 11.9 Å². The number of hydrogen-bond donors (Lipinski definition) is 1. The van der Waals surface area contributed by atoms with Crippen LogP contribution in [0.15, 0.2) is 43.0 Å². The Morgan fingerprint density at radius 3 is 2.47 bits per heavy atom. The van der Waals surface area contributed by atoms with Gasteiger partial charge in [0.1, 0.15) is 0 Å². The van der Waals surface area contributed by atoms with Crippen LogP contribution in [0.5, 0.6) is 0 Å². The molecule has 0 heterocycles. The molecule has 0 aromatic heterocycles. The second kappa shape index (κ2) is 9.00. The zero-order valence-electron chi connectivity index (χ0n) is 9.49.